The van der Waals surface area contributed by atoms with Crippen LogP contribution in [0.4, 0.5) is 0 Å². The van der Waals surface area contributed by atoms with Gasteiger partial charge in [-0.3, -0.25) is 4.79 Å². The van der Waals surface area contributed by atoms with Gasteiger partial charge in [-0.1, -0.05) is 64.5 Å². The zero-order chi connectivity index (χ0) is 15.2. The van der Waals surface area contributed by atoms with Crippen molar-refractivity contribution in [1.29, 1.82) is 0 Å². The molecule has 3 nitrogen and oxygen atoms in total. The van der Waals surface area contributed by atoms with Gasteiger partial charge in [-0.15, -0.1) is 0 Å². The molecule has 0 heterocycles. The van der Waals surface area contributed by atoms with E-state index in [4.69, 9.17) is 5.73 Å². The predicted octanol–water partition coefficient (Wildman–Crippen LogP) is 3.20. The number of rotatable bonds is 5. The first-order chi connectivity index (χ1) is 10.1. The van der Waals surface area contributed by atoms with Crippen LogP contribution in [-0.2, 0) is 11.2 Å². The van der Waals surface area contributed by atoms with Gasteiger partial charge in [-0.2, -0.15) is 0 Å². The van der Waals surface area contributed by atoms with E-state index in [-0.39, 0.29) is 11.9 Å². The van der Waals surface area contributed by atoms with Crippen molar-refractivity contribution in [2.45, 2.75) is 25.4 Å². The van der Waals surface area contributed by atoms with E-state index in [1.165, 1.54) is 0 Å². The third kappa shape index (κ3) is 4.41. The molecule has 1 amide bonds. The van der Waals surface area contributed by atoms with E-state index in [0.717, 1.165) is 15.6 Å². The Balaban J connectivity index is 1.96. The van der Waals surface area contributed by atoms with Crippen molar-refractivity contribution >= 4 is 21.8 Å². The second-order valence-corrected chi connectivity index (χ2v) is 5.90. The molecule has 0 spiro atoms. The van der Waals surface area contributed by atoms with E-state index in [0.29, 0.717) is 6.42 Å². The molecule has 21 heavy (non-hydrogen) atoms. The minimum absolute atomic E-state index is 0.0881. The molecule has 0 fully saturated rings. The maximum atomic E-state index is 12.2. The number of nitrogens with two attached hydrogens (primary N) is 1. The zero-order valence-electron chi connectivity index (χ0n) is 11.9. The van der Waals surface area contributed by atoms with Crippen molar-refractivity contribution in [3.63, 3.8) is 0 Å². The smallest absolute Gasteiger partial charge is 0.237 e. The van der Waals surface area contributed by atoms with E-state index in [1.54, 1.807) is 0 Å². The molecule has 0 saturated carbocycles. The molecule has 0 saturated heterocycles. The maximum absolute atomic E-state index is 12.2. The standard InChI is InChI=1S/C17H19BrN2O/c1-12(14-9-5-6-10-15(14)18)20-17(21)16(19)11-13-7-3-2-4-8-13/h2-10,12,16H,11,19H2,1H3,(H,20,21)/t12-,16?/m0/s1. The summed E-state index contributed by atoms with van der Waals surface area (Å²) in [7, 11) is 0. The number of carbonyl (C=O) groups is 1. The molecule has 1 unspecified atom stereocenters. The summed E-state index contributed by atoms with van der Waals surface area (Å²) in [6.45, 7) is 1.95. The average molecular weight is 347 g/mol. The second kappa shape index (κ2) is 7.38. The van der Waals surface area contributed by atoms with Crippen molar-refractivity contribution in [2.75, 3.05) is 0 Å². The number of hydrogen-bond acceptors (Lipinski definition) is 2. The van der Waals surface area contributed by atoms with Crippen molar-refractivity contribution in [3.8, 4) is 0 Å². The molecule has 3 N–H and O–H groups in total. The summed E-state index contributed by atoms with van der Waals surface area (Å²) in [5, 5.41) is 2.96. The number of halogens is 1. The minimum Gasteiger partial charge on any atom is -0.348 e. The number of benzene rings is 2. The van der Waals surface area contributed by atoms with Gasteiger partial charge in [0.15, 0.2) is 0 Å². The highest BCUT2D eigenvalue weighted by Crippen LogP contribution is 2.22. The summed E-state index contributed by atoms with van der Waals surface area (Å²) < 4.78 is 0.981. The Morgan fingerprint density at radius 3 is 2.43 bits per heavy atom. The summed E-state index contributed by atoms with van der Waals surface area (Å²) in [4.78, 5) is 12.2. The number of nitrogens with one attached hydrogen (secondary N) is 1. The van der Waals surface area contributed by atoms with Crippen LogP contribution >= 0.6 is 15.9 Å². The molecule has 0 bridgehead atoms. The monoisotopic (exact) mass is 346 g/mol. The Labute approximate surface area is 133 Å². The van der Waals surface area contributed by atoms with Crippen LogP contribution in [0.5, 0.6) is 0 Å². The molecule has 110 valence electrons. The van der Waals surface area contributed by atoms with Crippen LogP contribution in [0.2, 0.25) is 0 Å². The number of amides is 1. The molecule has 0 aliphatic rings. The first-order valence-corrected chi connectivity index (χ1v) is 7.71. The van der Waals surface area contributed by atoms with E-state index < -0.39 is 6.04 Å². The van der Waals surface area contributed by atoms with Crippen LogP contribution in [0, 0.1) is 0 Å². The lowest BCUT2D eigenvalue weighted by Crippen LogP contribution is -2.43. The maximum Gasteiger partial charge on any atom is 0.237 e. The minimum atomic E-state index is -0.544. The Morgan fingerprint density at radius 2 is 1.76 bits per heavy atom. The third-order valence-electron chi connectivity index (χ3n) is 3.37. The first kappa shape index (κ1) is 15.7. The SMILES string of the molecule is C[C@H](NC(=O)C(N)Cc1ccccc1)c1ccccc1Br. The lowest BCUT2D eigenvalue weighted by molar-refractivity contribution is -0.123. The molecule has 2 atom stereocenters. The van der Waals surface area contributed by atoms with Gasteiger partial charge in [0, 0.05) is 4.47 Å². The van der Waals surface area contributed by atoms with Gasteiger partial charge in [0.2, 0.25) is 5.91 Å². The van der Waals surface area contributed by atoms with E-state index in [2.05, 4.69) is 21.2 Å². The molecule has 0 radical (unpaired) electrons. The van der Waals surface area contributed by atoms with Crippen molar-refractivity contribution in [2.24, 2.45) is 5.73 Å². The highest BCUT2D eigenvalue weighted by Gasteiger charge is 2.18. The van der Waals surface area contributed by atoms with E-state index >= 15 is 0 Å². The molecular weight excluding hydrogens is 328 g/mol. The summed E-state index contributed by atoms with van der Waals surface area (Å²) in [6.07, 6.45) is 0.537. The van der Waals surface area contributed by atoms with Gasteiger partial charge in [0.05, 0.1) is 12.1 Å². The zero-order valence-corrected chi connectivity index (χ0v) is 13.5. The molecule has 2 rings (SSSR count). The fourth-order valence-corrected chi connectivity index (χ4v) is 2.81. The summed E-state index contributed by atoms with van der Waals surface area (Å²) in [6, 6.07) is 17.0. The van der Waals surface area contributed by atoms with Crippen molar-refractivity contribution in [1.82, 2.24) is 5.32 Å². The van der Waals surface area contributed by atoms with Crippen LogP contribution in [-0.4, -0.2) is 11.9 Å². The topological polar surface area (TPSA) is 55.1 Å². The number of hydrogen-bond donors (Lipinski definition) is 2. The summed E-state index contributed by atoms with van der Waals surface area (Å²) in [5.41, 5.74) is 8.09. The van der Waals surface area contributed by atoms with Gasteiger partial charge in [-0.05, 0) is 30.5 Å². The fraction of sp³-hybridized carbons (Fsp3) is 0.235. The summed E-state index contributed by atoms with van der Waals surface area (Å²) in [5.74, 6) is -0.137. The van der Waals surface area contributed by atoms with Gasteiger partial charge in [0.25, 0.3) is 0 Å². The van der Waals surface area contributed by atoms with Crippen LogP contribution < -0.4 is 11.1 Å². The van der Waals surface area contributed by atoms with Crippen LogP contribution in [0.15, 0.2) is 59.1 Å². The highest BCUT2D eigenvalue weighted by atomic mass is 79.9. The number of carbonyl (C=O) groups excluding carboxylic acids is 1. The van der Waals surface area contributed by atoms with E-state index in [1.807, 2.05) is 61.5 Å². The average Bonchev–Trinajstić information content (AvgIpc) is 2.48. The fourth-order valence-electron chi connectivity index (χ4n) is 2.19. The lowest BCUT2D eigenvalue weighted by atomic mass is 10.0. The Kier molecular flexibility index (Phi) is 5.53. The highest BCUT2D eigenvalue weighted by molar-refractivity contribution is 9.10. The molecule has 0 aliphatic carbocycles. The third-order valence-corrected chi connectivity index (χ3v) is 4.09. The molecule has 0 aliphatic heterocycles. The molecule has 4 heteroatoms. The van der Waals surface area contributed by atoms with Gasteiger partial charge in [-0.25, -0.2) is 0 Å². The van der Waals surface area contributed by atoms with Gasteiger partial charge >= 0.3 is 0 Å². The van der Waals surface area contributed by atoms with Crippen molar-refractivity contribution in [3.05, 3.63) is 70.2 Å². The second-order valence-electron chi connectivity index (χ2n) is 5.05. The largest absolute Gasteiger partial charge is 0.348 e. The quantitative estimate of drug-likeness (QED) is 0.873. The molecule has 2 aromatic carbocycles. The van der Waals surface area contributed by atoms with Gasteiger partial charge < -0.3 is 11.1 Å². The Bertz CT molecular complexity index is 601. The first-order valence-electron chi connectivity index (χ1n) is 6.92. The Hall–Kier alpha value is -1.65. The predicted molar refractivity (Wildman–Crippen MR) is 88.8 cm³/mol. The molecular formula is C17H19BrN2O. The molecule has 0 aromatic heterocycles. The lowest BCUT2D eigenvalue weighted by Gasteiger charge is -2.19. The van der Waals surface area contributed by atoms with Crippen molar-refractivity contribution < 1.29 is 4.79 Å². The normalized spacial score (nSPS) is 13.5. The molecule has 2 aromatic rings. The van der Waals surface area contributed by atoms with Crippen LogP contribution in [0.1, 0.15) is 24.1 Å². The Morgan fingerprint density at radius 1 is 1.14 bits per heavy atom. The van der Waals surface area contributed by atoms with Crippen LogP contribution in [0.25, 0.3) is 0 Å². The van der Waals surface area contributed by atoms with E-state index in [9.17, 15) is 4.79 Å². The summed E-state index contributed by atoms with van der Waals surface area (Å²) >= 11 is 3.50. The van der Waals surface area contributed by atoms with Crippen LogP contribution in [0.3, 0.4) is 0 Å². The van der Waals surface area contributed by atoms with Gasteiger partial charge in [0.1, 0.15) is 0 Å².